The van der Waals surface area contributed by atoms with Gasteiger partial charge in [-0.2, -0.15) is 0 Å². The highest BCUT2D eigenvalue weighted by Gasteiger charge is 2.34. The molecule has 0 amide bonds. The fraction of sp³-hybridized carbons (Fsp3) is 0.458. The van der Waals surface area contributed by atoms with Gasteiger partial charge in [-0.05, 0) is 94.6 Å². The SMILES string of the molecule is Cc1ccc2c(c1)OC(C)(C)C[C@@H]2NC(=S)Nc1ccc(OC2CCCC2)cc1. The summed E-state index contributed by atoms with van der Waals surface area (Å²) in [6.45, 7) is 6.32. The van der Waals surface area contributed by atoms with Crippen molar-refractivity contribution in [1.82, 2.24) is 5.32 Å². The molecule has 5 heteroatoms. The van der Waals surface area contributed by atoms with Gasteiger partial charge in [-0.25, -0.2) is 0 Å². The molecule has 1 aliphatic carbocycles. The van der Waals surface area contributed by atoms with Crippen molar-refractivity contribution in [2.45, 2.75) is 70.6 Å². The Kier molecular flexibility index (Phi) is 5.68. The Hall–Kier alpha value is -2.27. The molecule has 1 saturated carbocycles. The highest BCUT2D eigenvalue weighted by atomic mass is 32.1. The average Bonchev–Trinajstić information content (AvgIpc) is 3.15. The molecule has 1 aliphatic heterocycles. The van der Waals surface area contributed by atoms with E-state index in [1.54, 1.807) is 0 Å². The van der Waals surface area contributed by atoms with Crippen LogP contribution in [0.4, 0.5) is 5.69 Å². The van der Waals surface area contributed by atoms with Crippen molar-refractivity contribution in [2.75, 3.05) is 5.32 Å². The summed E-state index contributed by atoms with van der Waals surface area (Å²) in [5, 5.41) is 7.40. The van der Waals surface area contributed by atoms with E-state index in [1.807, 2.05) is 24.3 Å². The first-order chi connectivity index (χ1) is 13.9. The van der Waals surface area contributed by atoms with Crippen LogP contribution in [0.1, 0.15) is 63.1 Å². The zero-order chi connectivity index (χ0) is 20.4. The number of nitrogens with one attached hydrogen (secondary N) is 2. The molecule has 0 saturated heterocycles. The molecule has 0 aromatic heterocycles. The van der Waals surface area contributed by atoms with Gasteiger partial charge in [0.05, 0.1) is 12.1 Å². The second-order valence-electron chi connectivity index (χ2n) is 8.81. The topological polar surface area (TPSA) is 42.5 Å². The van der Waals surface area contributed by atoms with Gasteiger partial charge in [-0.15, -0.1) is 0 Å². The van der Waals surface area contributed by atoms with Gasteiger partial charge in [-0.3, -0.25) is 0 Å². The van der Waals surface area contributed by atoms with Gasteiger partial charge in [0.1, 0.15) is 17.1 Å². The van der Waals surface area contributed by atoms with E-state index in [9.17, 15) is 0 Å². The summed E-state index contributed by atoms with van der Waals surface area (Å²) in [6, 6.07) is 14.5. The van der Waals surface area contributed by atoms with Gasteiger partial charge in [0.25, 0.3) is 0 Å². The first kappa shape index (κ1) is 20.0. The number of fused-ring (bicyclic) bond motifs is 1. The molecule has 2 aliphatic rings. The lowest BCUT2D eigenvalue weighted by Crippen LogP contribution is -2.42. The highest BCUT2D eigenvalue weighted by Crippen LogP contribution is 2.40. The van der Waals surface area contributed by atoms with Crippen molar-refractivity contribution in [3.63, 3.8) is 0 Å². The number of hydrogen-bond donors (Lipinski definition) is 2. The van der Waals surface area contributed by atoms with Crippen LogP contribution >= 0.6 is 12.2 Å². The van der Waals surface area contributed by atoms with E-state index in [0.717, 1.165) is 42.0 Å². The summed E-state index contributed by atoms with van der Waals surface area (Å²) in [7, 11) is 0. The summed E-state index contributed by atoms with van der Waals surface area (Å²) >= 11 is 5.60. The summed E-state index contributed by atoms with van der Waals surface area (Å²) < 4.78 is 12.2. The summed E-state index contributed by atoms with van der Waals surface area (Å²) in [5.74, 6) is 1.87. The lowest BCUT2D eigenvalue weighted by Gasteiger charge is -2.38. The van der Waals surface area contributed by atoms with Crippen LogP contribution in [0, 0.1) is 6.92 Å². The minimum Gasteiger partial charge on any atom is -0.490 e. The Balaban J connectivity index is 1.39. The Morgan fingerprint density at radius 2 is 1.83 bits per heavy atom. The molecule has 0 unspecified atom stereocenters. The van der Waals surface area contributed by atoms with Crippen LogP contribution in [0.25, 0.3) is 0 Å². The highest BCUT2D eigenvalue weighted by molar-refractivity contribution is 7.80. The van der Waals surface area contributed by atoms with Crippen LogP contribution in [0.2, 0.25) is 0 Å². The minimum absolute atomic E-state index is 0.110. The molecular weight excluding hydrogens is 380 g/mol. The zero-order valence-electron chi connectivity index (χ0n) is 17.5. The van der Waals surface area contributed by atoms with Crippen LogP contribution in [0.15, 0.2) is 42.5 Å². The molecular formula is C24H30N2O2S. The van der Waals surface area contributed by atoms with Gasteiger partial charge in [0.15, 0.2) is 5.11 Å². The molecule has 29 heavy (non-hydrogen) atoms. The van der Waals surface area contributed by atoms with Gasteiger partial charge in [0, 0.05) is 17.7 Å². The normalized spacial score (nSPS) is 20.4. The van der Waals surface area contributed by atoms with E-state index in [-0.39, 0.29) is 11.6 Å². The summed E-state index contributed by atoms with van der Waals surface area (Å²) in [5.41, 5.74) is 3.06. The third-order valence-corrected chi connectivity index (χ3v) is 5.87. The molecule has 1 heterocycles. The molecule has 0 radical (unpaired) electrons. The van der Waals surface area contributed by atoms with Crippen molar-refractivity contribution in [3.8, 4) is 11.5 Å². The van der Waals surface area contributed by atoms with Gasteiger partial charge >= 0.3 is 0 Å². The lowest BCUT2D eigenvalue weighted by molar-refractivity contribution is 0.0696. The third-order valence-electron chi connectivity index (χ3n) is 5.65. The monoisotopic (exact) mass is 410 g/mol. The molecule has 2 N–H and O–H groups in total. The Bertz CT molecular complexity index is 873. The van der Waals surface area contributed by atoms with E-state index >= 15 is 0 Å². The molecule has 154 valence electrons. The standard InChI is InChI=1S/C24H30N2O2S/c1-16-8-13-20-21(15-24(2,3)28-22(20)14-16)26-23(29)25-17-9-11-19(12-10-17)27-18-6-4-5-7-18/h8-14,18,21H,4-7,15H2,1-3H3,(H2,25,26,29)/t21-/m0/s1. The van der Waals surface area contributed by atoms with Gasteiger partial charge in [0.2, 0.25) is 0 Å². The van der Waals surface area contributed by atoms with Crippen LogP contribution < -0.4 is 20.1 Å². The number of anilines is 1. The maximum Gasteiger partial charge on any atom is 0.171 e. The van der Waals surface area contributed by atoms with Gasteiger partial charge in [-0.1, -0.05) is 12.1 Å². The predicted octanol–water partition coefficient (Wildman–Crippen LogP) is 5.91. The number of rotatable bonds is 4. The summed E-state index contributed by atoms with van der Waals surface area (Å²) in [6.07, 6.45) is 6.09. The number of benzene rings is 2. The van der Waals surface area contributed by atoms with E-state index in [1.165, 1.54) is 18.4 Å². The van der Waals surface area contributed by atoms with Crippen molar-refractivity contribution in [1.29, 1.82) is 0 Å². The maximum absolute atomic E-state index is 6.18. The molecule has 1 fully saturated rings. The average molecular weight is 411 g/mol. The molecule has 2 aromatic rings. The van der Waals surface area contributed by atoms with Crippen molar-refractivity contribution in [2.24, 2.45) is 0 Å². The quantitative estimate of drug-likeness (QED) is 0.614. The Morgan fingerprint density at radius 1 is 1.10 bits per heavy atom. The second-order valence-corrected chi connectivity index (χ2v) is 9.22. The molecule has 4 rings (SSSR count). The van der Waals surface area contributed by atoms with Crippen LogP contribution in [-0.4, -0.2) is 16.8 Å². The number of hydrogen-bond acceptors (Lipinski definition) is 3. The summed E-state index contributed by atoms with van der Waals surface area (Å²) in [4.78, 5) is 0. The fourth-order valence-electron chi connectivity index (χ4n) is 4.23. The first-order valence-corrected chi connectivity index (χ1v) is 10.9. The Labute approximate surface area is 179 Å². The van der Waals surface area contributed by atoms with Crippen LogP contribution in [0.3, 0.4) is 0 Å². The first-order valence-electron chi connectivity index (χ1n) is 10.5. The minimum atomic E-state index is -0.243. The number of aryl methyl sites for hydroxylation is 1. The van der Waals surface area contributed by atoms with E-state index in [4.69, 9.17) is 21.7 Å². The molecule has 1 atom stereocenters. The van der Waals surface area contributed by atoms with E-state index in [2.05, 4.69) is 49.6 Å². The number of ether oxygens (including phenoxy) is 2. The Morgan fingerprint density at radius 3 is 2.55 bits per heavy atom. The van der Waals surface area contributed by atoms with Crippen LogP contribution in [-0.2, 0) is 0 Å². The van der Waals surface area contributed by atoms with Crippen LogP contribution in [0.5, 0.6) is 11.5 Å². The largest absolute Gasteiger partial charge is 0.490 e. The lowest BCUT2D eigenvalue weighted by atomic mass is 9.89. The van der Waals surface area contributed by atoms with E-state index in [0.29, 0.717) is 11.2 Å². The number of thiocarbonyl (C=S) groups is 1. The third kappa shape index (κ3) is 5.02. The zero-order valence-corrected chi connectivity index (χ0v) is 18.3. The molecule has 2 aromatic carbocycles. The molecule has 0 spiro atoms. The second kappa shape index (κ2) is 8.23. The smallest absolute Gasteiger partial charge is 0.171 e. The maximum atomic E-state index is 6.18. The molecule has 4 nitrogen and oxygen atoms in total. The fourth-order valence-corrected chi connectivity index (χ4v) is 4.49. The van der Waals surface area contributed by atoms with Crippen molar-refractivity contribution < 1.29 is 9.47 Å². The molecule has 0 bridgehead atoms. The predicted molar refractivity (Wildman–Crippen MR) is 122 cm³/mol. The van der Waals surface area contributed by atoms with Gasteiger partial charge < -0.3 is 20.1 Å². The van der Waals surface area contributed by atoms with Crippen molar-refractivity contribution in [3.05, 3.63) is 53.6 Å². The van der Waals surface area contributed by atoms with E-state index < -0.39 is 0 Å². The van der Waals surface area contributed by atoms with Crippen molar-refractivity contribution >= 4 is 23.0 Å².